The van der Waals surface area contributed by atoms with Gasteiger partial charge in [-0.1, -0.05) is 0 Å². The molecule has 2 amide bonds. The van der Waals surface area contributed by atoms with E-state index in [0.717, 1.165) is 0 Å². The van der Waals surface area contributed by atoms with Crippen molar-refractivity contribution >= 4 is 18.1 Å². The lowest BCUT2D eigenvalue weighted by Crippen LogP contribution is -2.25. The quantitative estimate of drug-likeness (QED) is 0.527. The molecular formula is C10H10N2O4. The van der Waals surface area contributed by atoms with E-state index in [1.54, 1.807) is 6.07 Å². The number of carbonyl (C=O) groups excluding carboxylic acids is 3. The van der Waals surface area contributed by atoms with Gasteiger partial charge >= 0.3 is 0 Å². The minimum atomic E-state index is -0.732. The minimum absolute atomic E-state index is 0.00134. The van der Waals surface area contributed by atoms with Crippen LogP contribution < -0.4 is 5.32 Å². The van der Waals surface area contributed by atoms with Gasteiger partial charge in [0.2, 0.25) is 11.8 Å². The van der Waals surface area contributed by atoms with Gasteiger partial charge in [-0.25, -0.2) is 0 Å². The van der Waals surface area contributed by atoms with E-state index in [2.05, 4.69) is 5.32 Å². The first-order chi connectivity index (χ1) is 7.67. The van der Waals surface area contributed by atoms with E-state index >= 15 is 0 Å². The molecule has 1 aliphatic rings. The van der Waals surface area contributed by atoms with Gasteiger partial charge < -0.3 is 9.67 Å². The highest BCUT2D eigenvalue weighted by Crippen LogP contribution is 2.22. The molecule has 1 atom stereocenters. The first-order valence-electron chi connectivity index (χ1n) is 4.77. The van der Waals surface area contributed by atoms with Gasteiger partial charge in [-0.05, 0) is 12.1 Å². The maximum atomic E-state index is 11.5. The van der Waals surface area contributed by atoms with Crippen LogP contribution in [0.1, 0.15) is 28.6 Å². The Balaban J connectivity index is 2.45. The molecule has 0 bridgehead atoms. The predicted molar refractivity (Wildman–Crippen MR) is 52.5 cm³/mol. The SMILES string of the molecule is O=Cc1ccc(CO)n1[C@@H]1CC(=O)NC1=O. The van der Waals surface area contributed by atoms with Crippen molar-refractivity contribution in [2.75, 3.05) is 0 Å². The van der Waals surface area contributed by atoms with E-state index in [0.29, 0.717) is 12.0 Å². The lowest BCUT2D eigenvalue weighted by Gasteiger charge is -2.13. The average molecular weight is 222 g/mol. The molecule has 2 heterocycles. The molecule has 1 fully saturated rings. The van der Waals surface area contributed by atoms with Crippen molar-refractivity contribution in [1.29, 1.82) is 0 Å². The molecule has 16 heavy (non-hydrogen) atoms. The highest BCUT2D eigenvalue weighted by molar-refractivity contribution is 6.04. The summed E-state index contributed by atoms with van der Waals surface area (Å²) in [4.78, 5) is 33.3. The van der Waals surface area contributed by atoms with Crippen LogP contribution in [-0.4, -0.2) is 27.8 Å². The van der Waals surface area contributed by atoms with Crippen molar-refractivity contribution in [2.24, 2.45) is 0 Å². The van der Waals surface area contributed by atoms with Crippen LogP contribution in [0.4, 0.5) is 0 Å². The molecule has 0 saturated carbocycles. The van der Waals surface area contributed by atoms with Gasteiger partial charge in [-0.3, -0.25) is 19.7 Å². The minimum Gasteiger partial charge on any atom is -0.390 e. The molecule has 0 aromatic carbocycles. The van der Waals surface area contributed by atoms with Crippen molar-refractivity contribution in [3.8, 4) is 0 Å². The smallest absolute Gasteiger partial charge is 0.250 e. The summed E-state index contributed by atoms with van der Waals surface area (Å²) in [5, 5.41) is 11.2. The Hall–Kier alpha value is -1.95. The summed E-state index contributed by atoms with van der Waals surface area (Å²) in [6.45, 7) is -0.286. The molecule has 1 aliphatic heterocycles. The maximum absolute atomic E-state index is 11.5. The van der Waals surface area contributed by atoms with Gasteiger partial charge in [-0.15, -0.1) is 0 Å². The Morgan fingerprint density at radius 3 is 2.75 bits per heavy atom. The number of carbonyl (C=O) groups is 3. The molecule has 2 N–H and O–H groups in total. The summed E-state index contributed by atoms with van der Waals surface area (Å²) in [5.74, 6) is -0.816. The molecule has 0 radical (unpaired) electrons. The van der Waals surface area contributed by atoms with E-state index in [1.807, 2.05) is 0 Å². The lowest BCUT2D eigenvalue weighted by atomic mass is 10.2. The van der Waals surface area contributed by atoms with E-state index < -0.39 is 11.9 Å². The second kappa shape index (κ2) is 3.90. The maximum Gasteiger partial charge on any atom is 0.250 e. The van der Waals surface area contributed by atoms with Gasteiger partial charge in [-0.2, -0.15) is 0 Å². The highest BCUT2D eigenvalue weighted by atomic mass is 16.3. The zero-order valence-corrected chi connectivity index (χ0v) is 8.34. The van der Waals surface area contributed by atoms with Crippen molar-refractivity contribution in [3.63, 3.8) is 0 Å². The predicted octanol–water partition coefficient (Wildman–Crippen LogP) is -0.620. The van der Waals surface area contributed by atoms with Gasteiger partial charge in [0.1, 0.15) is 6.04 Å². The Labute approximate surface area is 90.9 Å². The number of amides is 2. The molecule has 6 nitrogen and oxygen atoms in total. The number of rotatable bonds is 3. The fourth-order valence-electron chi connectivity index (χ4n) is 1.86. The number of aliphatic hydroxyl groups is 1. The molecule has 84 valence electrons. The summed E-state index contributed by atoms with van der Waals surface area (Å²) in [7, 11) is 0. The first-order valence-corrected chi connectivity index (χ1v) is 4.77. The molecule has 0 spiro atoms. The topological polar surface area (TPSA) is 88.4 Å². The van der Waals surface area contributed by atoms with Crippen LogP contribution in [0.25, 0.3) is 0 Å². The van der Waals surface area contributed by atoms with Crippen LogP contribution >= 0.6 is 0 Å². The number of hydrogen-bond donors (Lipinski definition) is 2. The second-order valence-electron chi connectivity index (χ2n) is 3.53. The molecule has 1 aromatic rings. The molecule has 6 heteroatoms. The molecule has 0 unspecified atom stereocenters. The number of nitrogens with zero attached hydrogens (tertiary/aromatic N) is 1. The Morgan fingerprint density at radius 2 is 2.25 bits per heavy atom. The first kappa shape index (κ1) is 10.6. The Morgan fingerprint density at radius 1 is 1.50 bits per heavy atom. The average Bonchev–Trinajstić information content (AvgIpc) is 2.80. The summed E-state index contributed by atoms with van der Waals surface area (Å²) in [6.07, 6.45) is 0.594. The number of aldehydes is 1. The summed E-state index contributed by atoms with van der Waals surface area (Å²) in [6, 6.07) is 2.33. The highest BCUT2D eigenvalue weighted by Gasteiger charge is 2.33. The zero-order valence-electron chi connectivity index (χ0n) is 8.34. The van der Waals surface area contributed by atoms with Gasteiger partial charge in [0.25, 0.3) is 0 Å². The van der Waals surface area contributed by atoms with Gasteiger partial charge in [0, 0.05) is 5.69 Å². The number of hydrogen-bond acceptors (Lipinski definition) is 4. The molecule has 0 aliphatic carbocycles. The Bertz CT molecular complexity index is 463. The second-order valence-corrected chi connectivity index (χ2v) is 3.53. The molecule has 2 rings (SSSR count). The van der Waals surface area contributed by atoms with Gasteiger partial charge in [0.05, 0.1) is 18.7 Å². The van der Waals surface area contributed by atoms with Gasteiger partial charge in [0.15, 0.2) is 6.29 Å². The largest absolute Gasteiger partial charge is 0.390 e. The monoisotopic (exact) mass is 222 g/mol. The van der Waals surface area contributed by atoms with E-state index in [-0.39, 0.29) is 24.6 Å². The third-order valence-electron chi connectivity index (χ3n) is 2.57. The van der Waals surface area contributed by atoms with Crippen LogP contribution in [0.15, 0.2) is 12.1 Å². The van der Waals surface area contributed by atoms with Crippen LogP contribution in [0, 0.1) is 0 Å². The summed E-state index contributed by atoms with van der Waals surface area (Å²) in [5.41, 5.74) is 0.718. The number of nitrogens with one attached hydrogen (secondary N) is 1. The number of aromatic nitrogens is 1. The summed E-state index contributed by atoms with van der Waals surface area (Å²) >= 11 is 0. The zero-order chi connectivity index (χ0) is 11.7. The van der Waals surface area contributed by atoms with Crippen LogP contribution in [0.2, 0.25) is 0 Å². The normalized spacial score (nSPS) is 19.9. The van der Waals surface area contributed by atoms with Crippen molar-refractivity contribution < 1.29 is 19.5 Å². The van der Waals surface area contributed by atoms with E-state index in [1.165, 1.54) is 10.6 Å². The van der Waals surface area contributed by atoms with Crippen molar-refractivity contribution in [1.82, 2.24) is 9.88 Å². The van der Waals surface area contributed by atoms with Crippen molar-refractivity contribution in [3.05, 3.63) is 23.5 Å². The van der Waals surface area contributed by atoms with E-state index in [4.69, 9.17) is 5.11 Å². The Kier molecular flexibility index (Phi) is 2.57. The third kappa shape index (κ3) is 1.53. The third-order valence-corrected chi connectivity index (χ3v) is 2.57. The van der Waals surface area contributed by atoms with Crippen LogP contribution in [0.3, 0.4) is 0 Å². The standard InChI is InChI=1S/C10H10N2O4/c13-4-6-1-2-7(5-14)12(6)8-3-9(15)11-10(8)16/h1-2,4,8,14H,3,5H2,(H,11,15,16)/t8-/m1/s1. The lowest BCUT2D eigenvalue weighted by molar-refractivity contribution is -0.125. The molecular weight excluding hydrogens is 212 g/mol. The molecule has 1 aromatic heterocycles. The van der Waals surface area contributed by atoms with E-state index in [9.17, 15) is 14.4 Å². The van der Waals surface area contributed by atoms with Crippen LogP contribution in [0.5, 0.6) is 0 Å². The fraction of sp³-hybridized carbons (Fsp3) is 0.300. The number of imide groups is 1. The summed E-state index contributed by atoms with van der Waals surface area (Å²) < 4.78 is 1.40. The molecule has 1 saturated heterocycles. The number of aliphatic hydroxyl groups excluding tert-OH is 1. The van der Waals surface area contributed by atoms with Crippen molar-refractivity contribution in [2.45, 2.75) is 19.1 Å². The van der Waals surface area contributed by atoms with Crippen LogP contribution in [-0.2, 0) is 16.2 Å². The fourth-order valence-corrected chi connectivity index (χ4v) is 1.86.